The summed E-state index contributed by atoms with van der Waals surface area (Å²) in [7, 11) is 0. The van der Waals surface area contributed by atoms with Gasteiger partial charge in [0.05, 0.1) is 5.76 Å². The monoisotopic (exact) mass is 762 g/mol. The zero-order valence-electron chi connectivity index (χ0n) is 26.2. The predicted molar refractivity (Wildman–Crippen MR) is 180 cm³/mol. The third-order valence-electron chi connectivity index (χ3n) is 8.63. The van der Waals surface area contributed by atoms with Crippen molar-refractivity contribution in [3.05, 3.63) is 109 Å². The molecule has 6 rings (SSSR count). The van der Waals surface area contributed by atoms with E-state index in [0.29, 0.717) is 0 Å². The van der Waals surface area contributed by atoms with Crippen LogP contribution in [-0.4, -0.2) is 15.9 Å². The minimum Gasteiger partial charge on any atom is -0.512 e. The van der Waals surface area contributed by atoms with Crippen LogP contribution in [0.3, 0.4) is 0 Å². The van der Waals surface area contributed by atoms with Crippen LogP contribution in [0.1, 0.15) is 58.9 Å². The second-order valence-electron chi connectivity index (χ2n) is 11.3. The van der Waals surface area contributed by atoms with E-state index in [-0.39, 0.29) is 43.5 Å². The van der Waals surface area contributed by atoms with E-state index in [2.05, 4.69) is 90.7 Å². The Labute approximate surface area is 275 Å². The van der Waals surface area contributed by atoms with Crippen molar-refractivity contribution < 1.29 is 30.0 Å². The van der Waals surface area contributed by atoms with Crippen molar-refractivity contribution in [2.75, 3.05) is 4.90 Å². The quantitative estimate of drug-likeness (QED) is 0.0953. The number of hydrogen-bond donors (Lipinski definition) is 1. The van der Waals surface area contributed by atoms with Gasteiger partial charge < -0.3 is 15.0 Å². The van der Waals surface area contributed by atoms with E-state index in [0.717, 1.165) is 53.7 Å². The van der Waals surface area contributed by atoms with E-state index in [1.807, 2.05) is 40.0 Å². The first-order valence-electron chi connectivity index (χ1n) is 15.5. The van der Waals surface area contributed by atoms with Crippen LogP contribution in [0.15, 0.2) is 96.9 Å². The molecule has 0 spiro atoms. The van der Waals surface area contributed by atoms with Crippen LogP contribution in [0, 0.1) is 24.8 Å². The Hall–Kier alpha value is -3.79. The third-order valence-corrected chi connectivity index (χ3v) is 8.63. The summed E-state index contributed by atoms with van der Waals surface area (Å²) >= 11 is 0. The molecule has 0 saturated carbocycles. The Kier molecular flexibility index (Phi) is 11.1. The molecule has 5 aromatic rings. The number of hydrogen-bond acceptors (Lipinski definition) is 4. The van der Waals surface area contributed by atoms with Gasteiger partial charge in [0.2, 0.25) is 0 Å². The molecule has 1 radical (unpaired) electrons. The predicted octanol–water partition coefficient (Wildman–Crippen LogP) is 10.8. The topological polar surface area (TPSA) is 53.4 Å². The number of allylic oxidation sites excluding steroid dienone is 2. The van der Waals surface area contributed by atoms with Gasteiger partial charge in [-0.3, -0.25) is 4.79 Å². The number of nitrogens with zero attached hydrogens (tertiary/aromatic N) is 2. The van der Waals surface area contributed by atoms with Crippen molar-refractivity contribution in [3.63, 3.8) is 0 Å². The summed E-state index contributed by atoms with van der Waals surface area (Å²) in [4.78, 5) is 19.0. The third kappa shape index (κ3) is 6.50. The van der Waals surface area contributed by atoms with Crippen LogP contribution in [0.2, 0.25) is 0 Å². The van der Waals surface area contributed by atoms with Crippen LogP contribution >= 0.6 is 0 Å². The molecule has 0 saturated heterocycles. The fourth-order valence-corrected chi connectivity index (χ4v) is 6.09. The number of para-hydroxylation sites is 1. The number of fused-ring (bicyclic) bond motifs is 4. The van der Waals surface area contributed by atoms with Crippen LogP contribution in [-0.2, 0) is 24.9 Å². The maximum absolute atomic E-state index is 11.7. The second-order valence-corrected chi connectivity index (χ2v) is 11.3. The fourth-order valence-electron chi connectivity index (χ4n) is 6.09. The van der Waals surface area contributed by atoms with Crippen molar-refractivity contribution in [1.82, 2.24) is 4.98 Å². The number of rotatable bonds is 8. The number of pyridine rings is 1. The number of anilines is 3. The fraction of sp³-hybridized carbons (Fsp3) is 0.282. The van der Waals surface area contributed by atoms with Gasteiger partial charge in [0.15, 0.2) is 5.78 Å². The molecule has 0 amide bonds. The summed E-state index contributed by atoms with van der Waals surface area (Å²) in [6, 6.07) is 31.2. The Morgan fingerprint density at radius 3 is 2.27 bits per heavy atom. The summed E-state index contributed by atoms with van der Waals surface area (Å²) < 4.78 is 0. The molecule has 0 unspecified atom stereocenters. The minimum absolute atomic E-state index is 0. The normalized spacial score (nSPS) is 12.2. The summed E-state index contributed by atoms with van der Waals surface area (Å²) in [6.07, 6.45) is 6.89. The average molecular weight is 762 g/mol. The number of aromatic nitrogens is 1. The Balaban J connectivity index is 0.000000239. The minimum atomic E-state index is 0. The van der Waals surface area contributed by atoms with Crippen LogP contribution in [0.4, 0.5) is 17.1 Å². The van der Waals surface area contributed by atoms with Gasteiger partial charge in [-0.2, -0.15) is 0 Å². The van der Waals surface area contributed by atoms with E-state index in [1.54, 1.807) is 0 Å². The van der Waals surface area contributed by atoms with Crippen molar-refractivity contribution in [1.29, 1.82) is 0 Å². The average Bonchev–Trinajstić information content (AvgIpc) is 3.03. The maximum Gasteiger partial charge on any atom is 0.162 e. The summed E-state index contributed by atoms with van der Waals surface area (Å²) in [5.41, 5.74) is 6.77. The van der Waals surface area contributed by atoms with Gasteiger partial charge in [0, 0.05) is 77.7 Å². The number of benzene rings is 4. The van der Waals surface area contributed by atoms with E-state index in [1.165, 1.54) is 33.5 Å². The van der Waals surface area contributed by atoms with Crippen molar-refractivity contribution >= 4 is 44.4 Å². The van der Waals surface area contributed by atoms with E-state index in [9.17, 15) is 9.90 Å². The van der Waals surface area contributed by atoms with Gasteiger partial charge in [0.25, 0.3) is 0 Å². The molecular formula is C39H41IrN2O2-. The number of carbonyl (C=O) groups excluding carboxylic acids is 1. The Morgan fingerprint density at radius 2 is 1.59 bits per heavy atom. The zero-order chi connectivity index (χ0) is 30.5. The molecule has 5 heteroatoms. The van der Waals surface area contributed by atoms with Crippen molar-refractivity contribution in [2.45, 2.75) is 60.3 Å². The number of ketones is 1. The van der Waals surface area contributed by atoms with E-state index >= 15 is 0 Å². The van der Waals surface area contributed by atoms with Crippen molar-refractivity contribution in [3.8, 4) is 11.3 Å². The summed E-state index contributed by atoms with van der Waals surface area (Å²) in [5.74, 6) is 0.547. The number of aryl methyl sites for hydroxylation is 1. The zero-order valence-corrected chi connectivity index (χ0v) is 28.6. The molecular weight excluding hydrogens is 721 g/mol. The molecule has 0 aliphatic carbocycles. The van der Waals surface area contributed by atoms with Crippen LogP contribution in [0.25, 0.3) is 32.8 Å². The van der Waals surface area contributed by atoms with Gasteiger partial charge in [0.1, 0.15) is 0 Å². The number of aliphatic hydroxyl groups is 1. The molecule has 1 aromatic heterocycles. The summed E-state index contributed by atoms with van der Waals surface area (Å²) in [6.45, 7) is 10.2. The van der Waals surface area contributed by atoms with Gasteiger partial charge in [-0.1, -0.05) is 92.6 Å². The van der Waals surface area contributed by atoms with E-state index in [4.69, 9.17) is 4.98 Å². The van der Waals surface area contributed by atoms with Gasteiger partial charge >= 0.3 is 0 Å². The first-order valence-corrected chi connectivity index (χ1v) is 15.5. The molecule has 1 aliphatic heterocycles. The molecule has 1 aliphatic rings. The number of carbonyl (C=O) groups is 1. The first kappa shape index (κ1) is 33.1. The van der Waals surface area contributed by atoms with E-state index < -0.39 is 0 Å². The van der Waals surface area contributed by atoms with Gasteiger partial charge in [-0.15, -0.1) is 23.8 Å². The largest absolute Gasteiger partial charge is 0.512 e. The molecule has 0 fully saturated rings. The van der Waals surface area contributed by atoms with Crippen LogP contribution in [0.5, 0.6) is 0 Å². The second kappa shape index (κ2) is 14.8. The molecule has 0 atom stereocenters. The molecule has 4 nitrogen and oxygen atoms in total. The molecule has 2 heterocycles. The van der Waals surface area contributed by atoms with Crippen LogP contribution < -0.4 is 4.90 Å². The first-order chi connectivity index (χ1) is 20.9. The molecule has 1 N–H and O–H groups in total. The van der Waals surface area contributed by atoms with Crippen molar-refractivity contribution in [2.24, 2.45) is 11.8 Å². The smallest absolute Gasteiger partial charge is 0.162 e. The molecule has 4 aromatic carbocycles. The standard InChI is InChI=1S/C26H17N2.C13H24O2.Ir/c1-17-13-14-19-16-27-25-21-11-5-7-18-8-6-12-23(24(18)21)28(26(25)22(19)15-17)20-9-3-2-4-10-20;1-5-10(6-2)12(14)9-13(15)11(7-3)8-4;/h2-10,12-16H,1H3;9-11,14H,5-8H2,1-4H3;/q-1;;/b;12-9-;. The Bertz CT molecular complexity index is 1770. The molecule has 44 heavy (non-hydrogen) atoms. The maximum atomic E-state index is 11.7. The summed E-state index contributed by atoms with van der Waals surface area (Å²) in [5, 5.41) is 14.5. The SMILES string of the molecule is CCC(CC)C(=O)/C=C(\O)C(CC)CC.Cc1ccc2cnc3c(c2c1)N(c1ccccc1)c1cccc2cc[c-]c-3c12.[Ir]. The number of aliphatic hydroxyl groups excluding tert-OH is 1. The van der Waals surface area contributed by atoms with Gasteiger partial charge in [-0.25, -0.2) is 0 Å². The Morgan fingerprint density at radius 1 is 0.886 bits per heavy atom. The van der Waals surface area contributed by atoms with Gasteiger partial charge in [-0.05, 0) is 50.8 Å². The molecule has 229 valence electrons. The molecule has 0 bridgehead atoms.